The molecule has 0 heterocycles. The highest BCUT2D eigenvalue weighted by atomic mass is 32.2. The number of aliphatic carboxylic acids is 1. The van der Waals surface area contributed by atoms with E-state index < -0.39 is 5.97 Å². The van der Waals surface area contributed by atoms with Gasteiger partial charge in [0.2, 0.25) is 0 Å². The normalized spacial score (nSPS) is 10.1. The Kier molecular flexibility index (Phi) is 4.98. The molecule has 0 spiro atoms. The molecular formula is C11H11FO3S. The number of carboxylic acid groups (broad SMARTS) is 1. The number of ketones is 1. The Morgan fingerprint density at radius 2 is 1.94 bits per heavy atom. The smallest absolute Gasteiger partial charge is 0.303 e. The fraction of sp³-hybridized carbons (Fsp3) is 0.273. The van der Waals surface area contributed by atoms with E-state index in [1.54, 1.807) is 18.2 Å². The van der Waals surface area contributed by atoms with Crippen molar-refractivity contribution in [3.63, 3.8) is 0 Å². The molecule has 0 unspecified atom stereocenters. The zero-order valence-electron chi connectivity index (χ0n) is 8.48. The molecule has 0 aliphatic carbocycles. The number of hydrogen-bond donors (Lipinski definition) is 1. The average Bonchev–Trinajstić information content (AvgIpc) is 2.25. The zero-order chi connectivity index (χ0) is 12.0. The number of thioether (sulfide) groups is 1. The van der Waals surface area contributed by atoms with Crippen molar-refractivity contribution >= 4 is 23.5 Å². The number of Topliss-reactive ketones (excluding diaryl/α,β-unsaturated/α-hetero) is 1. The highest BCUT2D eigenvalue weighted by Gasteiger charge is 2.08. The van der Waals surface area contributed by atoms with Crippen LogP contribution in [0.4, 0.5) is 4.39 Å². The van der Waals surface area contributed by atoms with E-state index in [1.807, 2.05) is 0 Å². The van der Waals surface area contributed by atoms with E-state index in [1.165, 1.54) is 6.07 Å². The quantitative estimate of drug-likeness (QED) is 0.778. The van der Waals surface area contributed by atoms with Crippen molar-refractivity contribution < 1.29 is 19.1 Å². The molecule has 1 N–H and O–H groups in total. The minimum Gasteiger partial charge on any atom is -0.481 e. The van der Waals surface area contributed by atoms with Crippen molar-refractivity contribution in [1.29, 1.82) is 0 Å². The molecule has 1 aromatic rings. The molecule has 0 radical (unpaired) electrons. The average molecular weight is 242 g/mol. The minimum absolute atomic E-state index is 0.00319. The third-order valence-electron chi connectivity index (χ3n) is 1.84. The lowest BCUT2D eigenvalue weighted by molar-refractivity contribution is -0.138. The van der Waals surface area contributed by atoms with Crippen LogP contribution >= 0.6 is 11.8 Å². The third-order valence-corrected chi connectivity index (χ3v) is 2.95. The molecule has 3 nitrogen and oxygen atoms in total. The number of benzene rings is 1. The van der Waals surface area contributed by atoms with Crippen LogP contribution in [0.3, 0.4) is 0 Å². The summed E-state index contributed by atoms with van der Waals surface area (Å²) < 4.78 is 13.1. The lowest BCUT2D eigenvalue weighted by Crippen LogP contribution is -2.05. The lowest BCUT2D eigenvalue weighted by Gasteiger charge is -2.01. The van der Waals surface area contributed by atoms with Crippen LogP contribution in [-0.4, -0.2) is 22.6 Å². The molecular weight excluding hydrogens is 231 g/mol. The summed E-state index contributed by atoms with van der Waals surface area (Å²) in [5.41, 5.74) is 0. The Labute approximate surface area is 96.7 Å². The van der Waals surface area contributed by atoms with Crippen molar-refractivity contribution in [2.24, 2.45) is 0 Å². The van der Waals surface area contributed by atoms with Crippen molar-refractivity contribution in [3.05, 3.63) is 30.1 Å². The maximum Gasteiger partial charge on any atom is 0.303 e. The van der Waals surface area contributed by atoms with E-state index in [2.05, 4.69) is 0 Å². The molecule has 0 aliphatic heterocycles. The molecule has 0 aliphatic rings. The van der Waals surface area contributed by atoms with Crippen LogP contribution in [-0.2, 0) is 9.59 Å². The molecule has 0 atom stereocenters. The molecule has 0 aromatic heterocycles. The minimum atomic E-state index is -0.996. The molecule has 1 aromatic carbocycles. The predicted molar refractivity (Wildman–Crippen MR) is 59.0 cm³/mol. The van der Waals surface area contributed by atoms with Gasteiger partial charge in [-0.1, -0.05) is 12.1 Å². The van der Waals surface area contributed by atoms with Gasteiger partial charge in [-0.15, -0.1) is 11.8 Å². The third kappa shape index (κ3) is 4.44. The molecule has 16 heavy (non-hydrogen) atoms. The summed E-state index contributed by atoms with van der Waals surface area (Å²) in [5, 5.41) is 8.37. The van der Waals surface area contributed by atoms with Crippen LogP contribution in [0.15, 0.2) is 29.2 Å². The molecule has 0 fully saturated rings. The van der Waals surface area contributed by atoms with Gasteiger partial charge in [0.1, 0.15) is 11.6 Å². The molecule has 0 bridgehead atoms. The summed E-state index contributed by atoms with van der Waals surface area (Å²) in [6, 6.07) is 6.17. The first kappa shape index (κ1) is 12.7. The lowest BCUT2D eigenvalue weighted by atomic mass is 10.2. The Morgan fingerprint density at radius 3 is 2.56 bits per heavy atom. The van der Waals surface area contributed by atoms with E-state index in [0.717, 1.165) is 11.8 Å². The van der Waals surface area contributed by atoms with E-state index in [-0.39, 0.29) is 30.2 Å². The number of halogens is 1. The highest BCUT2D eigenvalue weighted by Crippen LogP contribution is 2.21. The van der Waals surface area contributed by atoms with E-state index in [9.17, 15) is 14.0 Å². The number of carbonyl (C=O) groups is 2. The van der Waals surface area contributed by atoms with Gasteiger partial charge in [0.15, 0.2) is 0 Å². The first-order valence-corrected chi connectivity index (χ1v) is 5.69. The van der Waals surface area contributed by atoms with Crippen molar-refractivity contribution in [2.75, 3.05) is 5.75 Å². The van der Waals surface area contributed by atoms with Gasteiger partial charge in [-0.25, -0.2) is 4.39 Å². The zero-order valence-corrected chi connectivity index (χ0v) is 9.30. The van der Waals surface area contributed by atoms with Gasteiger partial charge in [0.25, 0.3) is 0 Å². The van der Waals surface area contributed by atoms with E-state index >= 15 is 0 Å². The van der Waals surface area contributed by atoms with Crippen LogP contribution in [0.1, 0.15) is 12.8 Å². The number of carboxylic acids is 1. The molecule has 0 saturated heterocycles. The topological polar surface area (TPSA) is 54.4 Å². The number of rotatable bonds is 6. The largest absolute Gasteiger partial charge is 0.481 e. The second kappa shape index (κ2) is 6.27. The summed E-state index contributed by atoms with van der Waals surface area (Å²) in [4.78, 5) is 21.8. The molecule has 5 heteroatoms. The fourth-order valence-corrected chi connectivity index (χ4v) is 1.88. The molecule has 0 saturated carbocycles. The Balaban J connectivity index is 2.37. The van der Waals surface area contributed by atoms with Gasteiger partial charge in [-0.2, -0.15) is 0 Å². The second-order valence-electron chi connectivity index (χ2n) is 3.15. The molecule has 1 rings (SSSR count). The predicted octanol–water partition coefficient (Wildman–Crippen LogP) is 2.35. The fourth-order valence-electron chi connectivity index (χ4n) is 1.04. The van der Waals surface area contributed by atoms with E-state index in [4.69, 9.17) is 5.11 Å². The Bertz CT molecular complexity index is 393. The first-order chi connectivity index (χ1) is 7.59. The van der Waals surface area contributed by atoms with Crippen molar-refractivity contribution in [2.45, 2.75) is 17.7 Å². The summed E-state index contributed by atoms with van der Waals surface area (Å²) >= 11 is 1.09. The standard InChI is InChI=1S/C11H11FO3S/c12-9-3-1-2-4-10(9)16-7-8(13)5-6-11(14)15/h1-4H,5-7H2,(H,14,15). The van der Waals surface area contributed by atoms with Crippen molar-refractivity contribution in [1.82, 2.24) is 0 Å². The van der Waals surface area contributed by atoms with E-state index in [0.29, 0.717) is 4.90 Å². The van der Waals surface area contributed by atoms with Gasteiger partial charge in [0, 0.05) is 11.3 Å². The van der Waals surface area contributed by atoms with Crippen molar-refractivity contribution in [3.8, 4) is 0 Å². The summed E-state index contributed by atoms with van der Waals surface area (Å²) in [6.45, 7) is 0. The van der Waals surface area contributed by atoms with Gasteiger partial charge >= 0.3 is 5.97 Å². The summed E-state index contributed by atoms with van der Waals surface area (Å²) in [6.07, 6.45) is -0.173. The Morgan fingerprint density at radius 1 is 1.25 bits per heavy atom. The van der Waals surface area contributed by atoms with Crippen LogP contribution in [0.2, 0.25) is 0 Å². The van der Waals surface area contributed by atoms with Crippen LogP contribution < -0.4 is 0 Å². The van der Waals surface area contributed by atoms with Gasteiger partial charge < -0.3 is 5.11 Å². The molecule has 86 valence electrons. The summed E-state index contributed by atoms with van der Waals surface area (Å²) in [5.74, 6) is -1.44. The molecule has 0 amide bonds. The van der Waals surface area contributed by atoms with Crippen LogP contribution in [0, 0.1) is 5.82 Å². The second-order valence-corrected chi connectivity index (χ2v) is 4.17. The maximum atomic E-state index is 13.1. The van der Waals surface area contributed by atoms with Crippen LogP contribution in [0.5, 0.6) is 0 Å². The number of hydrogen-bond acceptors (Lipinski definition) is 3. The van der Waals surface area contributed by atoms with Crippen LogP contribution in [0.25, 0.3) is 0 Å². The van der Waals surface area contributed by atoms with Gasteiger partial charge in [0.05, 0.1) is 12.2 Å². The Hall–Kier alpha value is -1.36. The maximum absolute atomic E-state index is 13.1. The van der Waals surface area contributed by atoms with Gasteiger partial charge in [-0.05, 0) is 12.1 Å². The van der Waals surface area contributed by atoms with Gasteiger partial charge in [-0.3, -0.25) is 9.59 Å². The monoisotopic (exact) mass is 242 g/mol. The summed E-state index contributed by atoms with van der Waals surface area (Å²) in [7, 11) is 0. The number of carbonyl (C=O) groups excluding carboxylic acids is 1. The first-order valence-electron chi connectivity index (χ1n) is 4.70. The SMILES string of the molecule is O=C(O)CCC(=O)CSc1ccccc1F. The highest BCUT2D eigenvalue weighted by molar-refractivity contribution is 8.00.